The fourth-order valence-electron chi connectivity index (χ4n) is 2.18. The van der Waals surface area contributed by atoms with Crippen LogP contribution in [0.3, 0.4) is 0 Å². The molecule has 1 aliphatic rings. The number of Topliss-reactive ketones (excluding diaryl/α,β-unsaturated/α-hetero) is 1. The van der Waals surface area contributed by atoms with E-state index >= 15 is 0 Å². The van der Waals surface area contributed by atoms with E-state index in [1.807, 2.05) is 26.8 Å². The maximum Gasteiger partial charge on any atom is 0.245 e. The highest BCUT2D eigenvalue weighted by Gasteiger charge is 2.29. The molecule has 1 aliphatic carbocycles. The maximum atomic E-state index is 12.0. The summed E-state index contributed by atoms with van der Waals surface area (Å²) >= 11 is 1.47. The summed E-state index contributed by atoms with van der Waals surface area (Å²) in [4.78, 5) is 24.0. The van der Waals surface area contributed by atoms with Crippen molar-refractivity contribution in [1.82, 2.24) is 5.32 Å². The largest absolute Gasteiger partial charge is 0.352 e. The van der Waals surface area contributed by atoms with Gasteiger partial charge in [-0.1, -0.05) is 40.0 Å². The number of thioether (sulfide) groups is 1. The SMILES string of the molecule is CC(C)(C)SCC(=O)C(C#N)C(=O)NC1CCCCC1. The number of hydrogen-bond acceptors (Lipinski definition) is 4. The van der Waals surface area contributed by atoms with Gasteiger partial charge in [0.2, 0.25) is 5.91 Å². The first-order valence-electron chi connectivity index (χ1n) is 7.20. The summed E-state index contributed by atoms with van der Waals surface area (Å²) in [5.74, 6) is -1.66. The average Bonchev–Trinajstić information content (AvgIpc) is 2.37. The molecule has 0 aromatic rings. The van der Waals surface area contributed by atoms with E-state index < -0.39 is 11.8 Å². The lowest BCUT2D eigenvalue weighted by Crippen LogP contribution is -2.42. The van der Waals surface area contributed by atoms with Crippen molar-refractivity contribution in [3.05, 3.63) is 0 Å². The molecule has 0 aliphatic heterocycles. The van der Waals surface area contributed by atoms with Crippen LogP contribution >= 0.6 is 11.8 Å². The molecular formula is C15H24N2O2S. The molecule has 1 saturated carbocycles. The van der Waals surface area contributed by atoms with Gasteiger partial charge in [-0.3, -0.25) is 9.59 Å². The molecule has 0 aromatic heterocycles. The molecule has 0 bridgehead atoms. The van der Waals surface area contributed by atoms with Gasteiger partial charge in [0, 0.05) is 10.8 Å². The van der Waals surface area contributed by atoms with Crippen LogP contribution in [0, 0.1) is 17.2 Å². The van der Waals surface area contributed by atoms with Crippen molar-refractivity contribution in [3.63, 3.8) is 0 Å². The van der Waals surface area contributed by atoms with Crippen molar-refractivity contribution in [2.24, 2.45) is 5.92 Å². The molecule has 112 valence electrons. The van der Waals surface area contributed by atoms with Gasteiger partial charge in [-0.25, -0.2) is 0 Å². The number of amides is 1. The predicted octanol–water partition coefficient (Wildman–Crippen LogP) is 2.68. The second kappa shape index (κ2) is 7.68. The molecule has 4 nitrogen and oxygen atoms in total. The molecule has 1 N–H and O–H groups in total. The van der Waals surface area contributed by atoms with Crippen molar-refractivity contribution in [2.45, 2.75) is 63.7 Å². The van der Waals surface area contributed by atoms with E-state index in [-0.39, 0.29) is 22.3 Å². The van der Waals surface area contributed by atoms with Crippen LogP contribution in [-0.2, 0) is 9.59 Å². The zero-order valence-electron chi connectivity index (χ0n) is 12.6. The zero-order chi connectivity index (χ0) is 15.2. The van der Waals surface area contributed by atoms with Crippen LogP contribution in [-0.4, -0.2) is 28.2 Å². The lowest BCUT2D eigenvalue weighted by Gasteiger charge is -2.24. The molecule has 5 heteroatoms. The van der Waals surface area contributed by atoms with Crippen LogP contribution in [0.15, 0.2) is 0 Å². The molecule has 1 amide bonds. The van der Waals surface area contributed by atoms with Gasteiger partial charge in [0.15, 0.2) is 11.7 Å². The topological polar surface area (TPSA) is 70.0 Å². The Bertz CT molecular complexity index is 390. The third kappa shape index (κ3) is 5.96. The van der Waals surface area contributed by atoms with Gasteiger partial charge >= 0.3 is 0 Å². The molecule has 0 aromatic carbocycles. The monoisotopic (exact) mass is 296 g/mol. The average molecular weight is 296 g/mol. The van der Waals surface area contributed by atoms with Crippen LogP contribution in [0.1, 0.15) is 52.9 Å². The third-order valence-electron chi connectivity index (χ3n) is 3.31. The molecule has 0 saturated heterocycles. The molecule has 0 heterocycles. The lowest BCUT2D eigenvalue weighted by molar-refractivity contribution is -0.131. The highest BCUT2D eigenvalue weighted by molar-refractivity contribution is 8.01. The van der Waals surface area contributed by atoms with E-state index in [1.165, 1.54) is 18.2 Å². The normalized spacial score (nSPS) is 18.1. The Hall–Kier alpha value is -1.02. The molecule has 0 spiro atoms. The van der Waals surface area contributed by atoms with E-state index in [0.717, 1.165) is 25.7 Å². The summed E-state index contributed by atoms with van der Waals surface area (Å²) in [5, 5.41) is 11.9. The second-order valence-corrected chi connectivity index (χ2v) is 8.08. The van der Waals surface area contributed by atoms with Gasteiger partial charge in [0.25, 0.3) is 0 Å². The number of carbonyl (C=O) groups excluding carboxylic acids is 2. The molecule has 20 heavy (non-hydrogen) atoms. The summed E-state index contributed by atoms with van der Waals surface area (Å²) in [6.07, 6.45) is 5.32. The summed E-state index contributed by atoms with van der Waals surface area (Å²) in [7, 11) is 0. The van der Waals surface area contributed by atoms with Crippen LogP contribution < -0.4 is 5.32 Å². The fraction of sp³-hybridized carbons (Fsp3) is 0.800. The van der Waals surface area contributed by atoms with Gasteiger partial charge in [0.1, 0.15) is 0 Å². The first-order chi connectivity index (χ1) is 9.33. The molecule has 1 atom stereocenters. The smallest absolute Gasteiger partial charge is 0.245 e. The van der Waals surface area contributed by atoms with Crippen molar-refractivity contribution >= 4 is 23.5 Å². The third-order valence-corrected chi connectivity index (χ3v) is 4.61. The minimum Gasteiger partial charge on any atom is -0.352 e. The number of carbonyl (C=O) groups is 2. The summed E-state index contributed by atoms with van der Waals surface area (Å²) in [6, 6.07) is 1.99. The highest BCUT2D eigenvalue weighted by atomic mass is 32.2. The van der Waals surface area contributed by atoms with Crippen molar-refractivity contribution in [2.75, 3.05) is 5.75 Å². The van der Waals surface area contributed by atoms with Gasteiger partial charge in [-0.05, 0) is 12.8 Å². The van der Waals surface area contributed by atoms with Crippen molar-refractivity contribution in [3.8, 4) is 6.07 Å². The van der Waals surface area contributed by atoms with Crippen molar-refractivity contribution in [1.29, 1.82) is 5.26 Å². The van der Waals surface area contributed by atoms with E-state index in [2.05, 4.69) is 5.32 Å². The van der Waals surface area contributed by atoms with Crippen molar-refractivity contribution < 1.29 is 9.59 Å². The van der Waals surface area contributed by atoms with Crippen LogP contribution in [0.4, 0.5) is 0 Å². The molecule has 0 radical (unpaired) electrons. The van der Waals surface area contributed by atoms with Gasteiger partial charge < -0.3 is 5.32 Å². The summed E-state index contributed by atoms with van der Waals surface area (Å²) in [5.41, 5.74) is 0. The van der Waals surface area contributed by atoms with E-state index in [1.54, 1.807) is 0 Å². The maximum absolute atomic E-state index is 12.0. The minimum absolute atomic E-state index is 0.0461. The standard InChI is InChI=1S/C15H24N2O2S/c1-15(2,3)20-10-13(18)12(9-16)14(19)17-11-7-5-4-6-8-11/h11-12H,4-8,10H2,1-3H3,(H,17,19). The Morgan fingerprint density at radius 3 is 2.40 bits per heavy atom. The van der Waals surface area contributed by atoms with Crippen LogP contribution in [0.25, 0.3) is 0 Å². The lowest BCUT2D eigenvalue weighted by atomic mass is 9.94. The van der Waals surface area contributed by atoms with E-state index in [0.29, 0.717) is 0 Å². The molecule has 1 unspecified atom stereocenters. The number of nitrogens with one attached hydrogen (secondary N) is 1. The Balaban J connectivity index is 2.49. The van der Waals surface area contributed by atoms with E-state index in [4.69, 9.17) is 5.26 Å². The first kappa shape index (κ1) is 17.0. The van der Waals surface area contributed by atoms with Crippen LogP contribution in [0.2, 0.25) is 0 Å². The zero-order valence-corrected chi connectivity index (χ0v) is 13.4. The quantitative estimate of drug-likeness (QED) is 0.792. The number of nitrogens with zero attached hydrogens (tertiary/aromatic N) is 1. The fourth-order valence-corrected chi connectivity index (χ4v) is 2.92. The van der Waals surface area contributed by atoms with E-state index in [9.17, 15) is 9.59 Å². The van der Waals surface area contributed by atoms with Gasteiger partial charge in [-0.15, -0.1) is 11.8 Å². The number of ketones is 1. The summed E-state index contributed by atoms with van der Waals surface area (Å²) in [6.45, 7) is 6.03. The molecule has 1 fully saturated rings. The Morgan fingerprint density at radius 2 is 1.90 bits per heavy atom. The molecule has 1 rings (SSSR count). The first-order valence-corrected chi connectivity index (χ1v) is 8.19. The number of rotatable bonds is 5. The van der Waals surface area contributed by atoms with Gasteiger partial charge in [0.05, 0.1) is 11.8 Å². The number of hydrogen-bond donors (Lipinski definition) is 1. The Morgan fingerprint density at radius 1 is 1.30 bits per heavy atom. The Labute approximate surface area is 125 Å². The number of nitriles is 1. The molecular weight excluding hydrogens is 272 g/mol. The predicted molar refractivity (Wildman–Crippen MR) is 81.3 cm³/mol. The van der Waals surface area contributed by atoms with Gasteiger partial charge in [-0.2, -0.15) is 5.26 Å². The second-order valence-electron chi connectivity index (χ2n) is 6.27. The Kier molecular flexibility index (Phi) is 6.54. The summed E-state index contributed by atoms with van der Waals surface area (Å²) < 4.78 is -0.0461. The highest BCUT2D eigenvalue weighted by Crippen LogP contribution is 2.24. The minimum atomic E-state index is -1.16. The van der Waals surface area contributed by atoms with Crippen LogP contribution in [0.5, 0.6) is 0 Å².